The fourth-order valence-corrected chi connectivity index (χ4v) is 2.05. The third-order valence-electron chi connectivity index (χ3n) is 3.23. The van der Waals surface area contributed by atoms with E-state index in [1.807, 2.05) is 0 Å². The van der Waals surface area contributed by atoms with Crippen LogP contribution < -0.4 is 10.1 Å². The van der Waals surface area contributed by atoms with Gasteiger partial charge in [-0.05, 0) is 24.6 Å². The molecule has 1 heterocycles. The summed E-state index contributed by atoms with van der Waals surface area (Å²) >= 11 is 0. The quantitative estimate of drug-likeness (QED) is 0.845. The number of hydrogen-bond donors (Lipinski definition) is 2. The van der Waals surface area contributed by atoms with Crippen LogP contribution in [0, 0.1) is 5.92 Å². The molecule has 1 saturated heterocycles. The Balaban J connectivity index is 2.07. The molecule has 1 aromatic carbocycles. The van der Waals surface area contributed by atoms with Crippen LogP contribution in [-0.2, 0) is 4.74 Å². The van der Waals surface area contributed by atoms with E-state index in [0.717, 1.165) is 13.0 Å². The summed E-state index contributed by atoms with van der Waals surface area (Å²) in [5.74, 6) is -0.733. The number of carbonyl (C=O) groups is 2. The summed E-state index contributed by atoms with van der Waals surface area (Å²) in [4.78, 5) is 23.1. The van der Waals surface area contributed by atoms with Crippen LogP contribution >= 0.6 is 0 Å². The molecule has 0 bridgehead atoms. The number of methoxy groups -OCH3 is 1. The topological polar surface area (TPSA) is 84.9 Å². The maximum Gasteiger partial charge on any atom is 0.335 e. The van der Waals surface area contributed by atoms with Crippen molar-refractivity contribution in [3.05, 3.63) is 29.3 Å². The number of benzene rings is 1. The van der Waals surface area contributed by atoms with Gasteiger partial charge in [-0.1, -0.05) is 0 Å². The van der Waals surface area contributed by atoms with Crippen LogP contribution in [0.1, 0.15) is 27.1 Å². The number of amides is 1. The summed E-state index contributed by atoms with van der Waals surface area (Å²) in [6.07, 6.45) is 0.929. The first-order valence-corrected chi connectivity index (χ1v) is 6.38. The zero-order valence-electron chi connectivity index (χ0n) is 11.2. The van der Waals surface area contributed by atoms with Crippen molar-refractivity contribution in [1.29, 1.82) is 0 Å². The lowest BCUT2D eigenvalue weighted by Crippen LogP contribution is -2.29. The predicted molar refractivity (Wildman–Crippen MR) is 71.2 cm³/mol. The lowest BCUT2D eigenvalue weighted by molar-refractivity contribution is 0.0696. The molecule has 0 aromatic heterocycles. The van der Waals surface area contributed by atoms with E-state index in [1.54, 1.807) is 0 Å². The molecule has 0 saturated carbocycles. The molecule has 6 nitrogen and oxygen atoms in total. The number of carbonyl (C=O) groups excluding carboxylic acids is 1. The number of hydrogen-bond acceptors (Lipinski definition) is 4. The van der Waals surface area contributed by atoms with Gasteiger partial charge in [0.05, 0.1) is 19.3 Å². The van der Waals surface area contributed by atoms with Gasteiger partial charge in [0.2, 0.25) is 0 Å². The molecule has 1 aliphatic rings. The van der Waals surface area contributed by atoms with Crippen LogP contribution in [0.3, 0.4) is 0 Å². The van der Waals surface area contributed by atoms with Gasteiger partial charge in [0.15, 0.2) is 0 Å². The lowest BCUT2D eigenvalue weighted by atomic mass is 10.1. The molecule has 6 heteroatoms. The number of carboxylic acid groups (broad SMARTS) is 1. The number of carboxylic acids is 1. The molecule has 1 atom stereocenters. The van der Waals surface area contributed by atoms with Crippen molar-refractivity contribution in [2.24, 2.45) is 5.92 Å². The van der Waals surface area contributed by atoms with Crippen LogP contribution in [0.2, 0.25) is 0 Å². The maximum absolute atomic E-state index is 12.0. The minimum Gasteiger partial charge on any atom is -0.497 e. The highest BCUT2D eigenvalue weighted by atomic mass is 16.5. The first kappa shape index (κ1) is 14.3. The van der Waals surface area contributed by atoms with Crippen LogP contribution in [0.5, 0.6) is 5.75 Å². The van der Waals surface area contributed by atoms with E-state index in [1.165, 1.54) is 25.3 Å². The molecule has 0 spiro atoms. The van der Waals surface area contributed by atoms with Crippen LogP contribution in [0.15, 0.2) is 18.2 Å². The average Bonchev–Trinajstić information content (AvgIpc) is 2.97. The van der Waals surface area contributed by atoms with Gasteiger partial charge in [-0.3, -0.25) is 4.79 Å². The Morgan fingerprint density at radius 3 is 2.75 bits per heavy atom. The minimum atomic E-state index is -1.10. The van der Waals surface area contributed by atoms with Crippen molar-refractivity contribution < 1.29 is 24.2 Å². The summed E-state index contributed by atoms with van der Waals surface area (Å²) in [5.41, 5.74) is 0.305. The van der Waals surface area contributed by atoms with Crippen molar-refractivity contribution in [3.8, 4) is 5.75 Å². The van der Waals surface area contributed by atoms with Gasteiger partial charge in [-0.2, -0.15) is 0 Å². The summed E-state index contributed by atoms with van der Waals surface area (Å²) in [6.45, 7) is 1.90. The van der Waals surface area contributed by atoms with Gasteiger partial charge < -0.3 is 19.9 Å². The summed E-state index contributed by atoms with van der Waals surface area (Å²) < 4.78 is 10.2. The lowest BCUT2D eigenvalue weighted by Gasteiger charge is -2.11. The van der Waals surface area contributed by atoms with Gasteiger partial charge >= 0.3 is 5.97 Å². The third kappa shape index (κ3) is 3.48. The third-order valence-corrected chi connectivity index (χ3v) is 3.23. The normalized spacial score (nSPS) is 17.8. The summed E-state index contributed by atoms with van der Waals surface area (Å²) in [7, 11) is 1.43. The Kier molecular flexibility index (Phi) is 4.57. The number of ether oxygens (including phenoxy) is 2. The molecule has 1 aliphatic heterocycles. The van der Waals surface area contributed by atoms with Gasteiger partial charge in [-0.15, -0.1) is 0 Å². The highest BCUT2D eigenvalue weighted by Gasteiger charge is 2.18. The van der Waals surface area contributed by atoms with Crippen molar-refractivity contribution >= 4 is 11.9 Å². The van der Waals surface area contributed by atoms with Gasteiger partial charge in [0, 0.05) is 24.6 Å². The zero-order chi connectivity index (χ0) is 14.5. The van der Waals surface area contributed by atoms with E-state index in [9.17, 15) is 9.59 Å². The summed E-state index contributed by atoms with van der Waals surface area (Å²) in [6, 6.07) is 4.24. The Morgan fingerprint density at radius 1 is 1.40 bits per heavy atom. The number of aromatic carboxylic acids is 1. The fourth-order valence-electron chi connectivity index (χ4n) is 2.05. The molecule has 1 fully saturated rings. The molecular weight excluding hydrogens is 262 g/mol. The zero-order valence-corrected chi connectivity index (χ0v) is 11.2. The second-order valence-electron chi connectivity index (χ2n) is 4.69. The highest BCUT2D eigenvalue weighted by Crippen LogP contribution is 2.17. The molecule has 1 unspecified atom stereocenters. The van der Waals surface area contributed by atoms with Crippen molar-refractivity contribution in [1.82, 2.24) is 5.32 Å². The monoisotopic (exact) mass is 279 g/mol. The van der Waals surface area contributed by atoms with Crippen molar-refractivity contribution in [2.75, 3.05) is 26.9 Å². The number of rotatable bonds is 5. The van der Waals surface area contributed by atoms with Gasteiger partial charge in [0.1, 0.15) is 5.75 Å². The van der Waals surface area contributed by atoms with E-state index in [-0.39, 0.29) is 17.0 Å². The van der Waals surface area contributed by atoms with Crippen molar-refractivity contribution in [2.45, 2.75) is 6.42 Å². The molecule has 20 heavy (non-hydrogen) atoms. The number of nitrogens with one attached hydrogen (secondary N) is 1. The van der Waals surface area contributed by atoms with Crippen molar-refractivity contribution in [3.63, 3.8) is 0 Å². The molecular formula is C14H17NO5. The molecule has 1 aromatic rings. The largest absolute Gasteiger partial charge is 0.497 e. The molecule has 108 valence electrons. The Morgan fingerprint density at radius 2 is 2.15 bits per heavy atom. The van der Waals surface area contributed by atoms with E-state index >= 15 is 0 Å². The molecule has 2 rings (SSSR count). The second-order valence-corrected chi connectivity index (χ2v) is 4.69. The van der Waals surface area contributed by atoms with Crippen LogP contribution in [-0.4, -0.2) is 43.9 Å². The van der Waals surface area contributed by atoms with Gasteiger partial charge in [0.25, 0.3) is 5.91 Å². The van der Waals surface area contributed by atoms with Gasteiger partial charge in [-0.25, -0.2) is 4.79 Å². The van der Waals surface area contributed by atoms with E-state index in [0.29, 0.717) is 24.8 Å². The molecule has 0 radical (unpaired) electrons. The molecule has 1 amide bonds. The predicted octanol–water partition coefficient (Wildman–Crippen LogP) is 1.16. The second kappa shape index (κ2) is 6.38. The summed E-state index contributed by atoms with van der Waals surface area (Å²) in [5, 5.41) is 11.8. The minimum absolute atomic E-state index is 0.0266. The first-order valence-electron chi connectivity index (χ1n) is 6.38. The van der Waals surface area contributed by atoms with E-state index in [4.69, 9.17) is 14.6 Å². The standard InChI is InChI=1S/C14H17NO5/c1-19-12-5-10(4-11(6-12)14(17)18)13(16)15-7-9-2-3-20-8-9/h4-6,9H,2-3,7-8H2,1H3,(H,15,16)(H,17,18). The van der Waals surface area contributed by atoms with E-state index < -0.39 is 5.97 Å². The maximum atomic E-state index is 12.0. The Hall–Kier alpha value is -2.08. The van der Waals surface area contributed by atoms with Crippen LogP contribution in [0.4, 0.5) is 0 Å². The molecule has 0 aliphatic carbocycles. The Bertz CT molecular complexity index is 508. The Labute approximate surface area is 116 Å². The fraction of sp³-hybridized carbons (Fsp3) is 0.429. The van der Waals surface area contributed by atoms with E-state index in [2.05, 4.69) is 5.32 Å². The highest BCUT2D eigenvalue weighted by molar-refractivity contribution is 5.98. The molecule has 2 N–H and O–H groups in total. The van der Waals surface area contributed by atoms with Crippen LogP contribution in [0.25, 0.3) is 0 Å². The first-order chi connectivity index (χ1) is 9.60. The SMILES string of the molecule is COc1cc(C(=O)O)cc(C(=O)NCC2CCOC2)c1. The average molecular weight is 279 g/mol. The smallest absolute Gasteiger partial charge is 0.335 e.